The van der Waals surface area contributed by atoms with Gasteiger partial charge in [-0.15, -0.1) is 0 Å². The second-order valence-electron chi connectivity index (χ2n) is 4.68. The van der Waals surface area contributed by atoms with E-state index in [9.17, 15) is 9.59 Å². The van der Waals surface area contributed by atoms with E-state index in [1.165, 1.54) is 17.4 Å². The van der Waals surface area contributed by atoms with Crippen LogP contribution >= 0.6 is 11.8 Å². The SMILES string of the molecule is CCn1c(=O)[nH]c(=O)c2[nH]c(C3CCCCS3)nc21. The Labute approximate surface area is 113 Å². The summed E-state index contributed by atoms with van der Waals surface area (Å²) in [6, 6.07) is 0. The van der Waals surface area contributed by atoms with E-state index in [4.69, 9.17) is 0 Å². The van der Waals surface area contributed by atoms with Crippen LogP contribution in [0.5, 0.6) is 0 Å². The molecule has 19 heavy (non-hydrogen) atoms. The van der Waals surface area contributed by atoms with Gasteiger partial charge in [-0.25, -0.2) is 9.78 Å². The molecular formula is C12H16N4O2S. The third kappa shape index (κ3) is 2.11. The Bertz CT molecular complexity index is 709. The fraction of sp³-hybridized carbons (Fsp3) is 0.583. The zero-order chi connectivity index (χ0) is 13.4. The van der Waals surface area contributed by atoms with Crippen molar-refractivity contribution in [2.45, 2.75) is 38.0 Å². The molecule has 0 bridgehead atoms. The summed E-state index contributed by atoms with van der Waals surface area (Å²) in [5, 5.41) is 0.306. The lowest BCUT2D eigenvalue weighted by Crippen LogP contribution is -2.29. The van der Waals surface area contributed by atoms with E-state index in [2.05, 4.69) is 15.0 Å². The van der Waals surface area contributed by atoms with Crippen LogP contribution in [0.15, 0.2) is 9.59 Å². The molecule has 1 unspecified atom stereocenters. The number of aryl methyl sites for hydroxylation is 1. The molecular weight excluding hydrogens is 264 g/mol. The van der Waals surface area contributed by atoms with E-state index in [-0.39, 0.29) is 5.56 Å². The number of thioether (sulfide) groups is 1. The monoisotopic (exact) mass is 280 g/mol. The molecule has 0 saturated carbocycles. The van der Waals surface area contributed by atoms with Crippen molar-refractivity contribution in [3.8, 4) is 0 Å². The van der Waals surface area contributed by atoms with Gasteiger partial charge in [0.25, 0.3) is 5.56 Å². The average molecular weight is 280 g/mol. The molecule has 0 radical (unpaired) electrons. The van der Waals surface area contributed by atoms with Gasteiger partial charge in [-0.2, -0.15) is 11.8 Å². The van der Waals surface area contributed by atoms with Crippen molar-refractivity contribution in [2.24, 2.45) is 0 Å². The number of rotatable bonds is 2. The van der Waals surface area contributed by atoms with Gasteiger partial charge in [0, 0.05) is 6.54 Å². The van der Waals surface area contributed by atoms with Gasteiger partial charge in [0.15, 0.2) is 5.65 Å². The van der Waals surface area contributed by atoms with E-state index in [0.717, 1.165) is 18.0 Å². The van der Waals surface area contributed by atoms with Crippen LogP contribution in [0, 0.1) is 0 Å². The molecule has 2 N–H and O–H groups in total. The van der Waals surface area contributed by atoms with Gasteiger partial charge in [-0.3, -0.25) is 14.3 Å². The molecule has 102 valence electrons. The minimum absolute atomic E-state index is 0.306. The fourth-order valence-electron chi connectivity index (χ4n) is 2.46. The Morgan fingerprint density at radius 1 is 1.37 bits per heavy atom. The topological polar surface area (TPSA) is 83.5 Å². The quantitative estimate of drug-likeness (QED) is 0.870. The number of nitrogens with zero attached hydrogens (tertiary/aromatic N) is 2. The van der Waals surface area contributed by atoms with Gasteiger partial charge in [-0.1, -0.05) is 6.42 Å². The molecule has 6 nitrogen and oxygen atoms in total. The van der Waals surface area contributed by atoms with Crippen LogP contribution in [0.1, 0.15) is 37.3 Å². The third-order valence-electron chi connectivity index (χ3n) is 3.45. The highest BCUT2D eigenvalue weighted by atomic mass is 32.2. The molecule has 2 aromatic heterocycles. The summed E-state index contributed by atoms with van der Waals surface area (Å²) in [5.41, 5.74) is 0.0960. The second kappa shape index (κ2) is 4.88. The van der Waals surface area contributed by atoms with Crippen LogP contribution in [0.3, 0.4) is 0 Å². The van der Waals surface area contributed by atoms with Crippen LogP contribution in [-0.2, 0) is 6.54 Å². The summed E-state index contributed by atoms with van der Waals surface area (Å²) in [6.07, 6.45) is 3.49. The van der Waals surface area contributed by atoms with E-state index < -0.39 is 5.69 Å². The fourth-order valence-corrected chi connectivity index (χ4v) is 3.72. The summed E-state index contributed by atoms with van der Waals surface area (Å²) in [5.74, 6) is 1.94. The van der Waals surface area contributed by atoms with Crippen molar-refractivity contribution in [2.75, 3.05) is 5.75 Å². The van der Waals surface area contributed by atoms with Crippen molar-refractivity contribution in [3.63, 3.8) is 0 Å². The number of imidazole rings is 1. The predicted molar refractivity (Wildman–Crippen MR) is 75.7 cm³/mol. The van der Waals surface area contributed by atoms with Crippen molar-refractivity contribution in [3.05, 3.63) is 26.7 Å². The molecule has 0 aromatic carbocycles. The van der Waals surface area contributed by atoms with Gasteiger partial charge >= 0.3 is 5.69 Å². The molecule has 1 saturated heterocycles. The standard InChI is InChI=1S/C12H16N4O2S/c1-2-16-10-8(11(17)15-12(16)18)13-9(14-10)7-5-3-4-6-19-7/h7H,2-6H2,1H3,(H,13,14)(H,15,17,18). The van der Waals surface area contributed by atoms with Crippen LogP contribution in [0.25, 0.3) is 11.2 Å². The van der Waals surface area contributed by atoms with E-state index in [1.54, 1.807) is 0 Å². The highest BCUT2D eigenvalue weighted by Gasteiger charge is 2.21. The number of hydrogen-bond donors (Lipinski definition) is 2. The molecule has 0 spiro atoms. The summed E-state index contributed by atoms with van der Waals surface area (Å²) < 4.78 is 1.49. The maximum atomic E-state index is 11.8. The predicted octanol–water partition coefficient (Wildman–Crippen LogP) is 1.39. The lowest BCUT2D eigenvalue weighted by atomic mass is 10.2. The molecule has 1 atom stereocenters. The molecule has 0 amide bonds. The van der Waals surface area contributed by atoms with Crippen molar-refractivity contribution >= 4 is 22.9 Å². The molecule has 0 aliphatic carbocycles. The first-order valence-corrected chi connectivity index (χ1v) is 7.60. The first kappa shape index (κ1) is 12.5. The summed E-state index contributed by atoms with van der Waals surface area (Å²) >= 11 is 1.86. The smallest absolute Gasteiger partial charge is 0.330 e. The Morgan fingerprint density at radius 2 is 2.21 bits per heavy atom. The maximum Gasteiger partial charge on any atom is 0.330 e. The number of hydrogen-bond acceptors (Lipinski definition) is 4. The number of aromatic nitrogens is 4. The first-order chi connectivity index (χ1) is 9.20. The number of fused-ring (bicyclic) bond motifs is 1. The second-order valence-corrected chi connectivity index (χ2v) is 5.99. The molecule has 1 fully saturated rings. The molecule has 1 aliphatic heterocycles. The van der Waals surface area contributed by atoms with Crippen molar-refractivity contribution < 1.29 is 0 Å². The van der Waals surface area contributed by atoms with Gasteiger partial charge in [-0.05, 0) is 25.5 Å². The van der Waals surface area contributed by atoms with Crippen molar-refractivity contribution in [1.29, 1.82) is 0 Å². The highest BCUT2D eigenvalue weighted by Crippen LogP contribution is 2.37. The Hall–Kier alpha value is -1.50. The Morgan fingerprint density at radius 3 is 2.89 bits per heavy atom. The lowest BCUT2D eigenvalue weighted by Gasteiger charge is -2.18. The normalized spacial score (nSPS) is 19.9. The van der Waals surface area contributed by atoms with E-state index in [0.29, 0.717) is 23.0 Å². The largest absolute Gasteiger partial charge is 0.335 e. The molecule has 3 rings (SSSR count). The number of aromatic amines is 2. The van der Waals surface area contributed by atoms with E-state index in [1.807, 2.05) is 18.7 Å². The van der Waals surface area contributed by atoms with Crippen molar-refractivity contribution in [1.82, 2.24) is 19.5 Å². The van der Waals surface area contributed by atoms with Crippen LogP contribution in [-0.4, -0.2) is 25.3 Å². The minimum Gasteiger partial charge on any atom is -0.335 e. The average Bonchev–Trinajstić information content (AvgIpc) is 2.85. The van der Waals surface area contributed by atoms with Gasteiger partial charge in [0.2, 0.25) is 0 Å². The van der Waals surface area contributed by atoms with Gasteiger partial charge in [0.05, 0.1) is 5.25 Å². The summed E-state index contributed by atoms with van der Waals surface area (Å²) in [7, 11) is 0. The molecule has 7 heteroatoms. The number of nitrogens with one attached hydrogen (secondary N) is 2. The van der Waals surface area contributed by atoms with E-state index >= 15 is 0 Å². The summed E-state index contributed by atoms with van der Waals surface area (Å²) in [6.45, 7) is 2.36. The highest BCUT2D eigenvalue weighted by molar-refractivity contribution is 7.99. The molecule has 1 aliphatic rings. The van der Waals surface area contributed by atoms with Gasteiger partial charge in [0.1, 0.15) is 11.3 Å². The summed E-state index contributed by atoms with van der Waals surface area (Å²) in [4.78, 5) is 33.5. The first-order valence-electron chi connectivity index (χ1n) is 6.55. The zero-order valence-electron chi connectivity index (χ0n) is 10.7. The number of H-pyrrole nitrogens is 2. The minimum atomic E-state index is -0.394. The van der Waals surface area contributed by atoms with Gasteiger partial charge < -0.3 is 4.98 Å². The molecule has 3 heterocycles. The zero-order valence-corrected chi connectivity index (χ0v) is 11.5. The molecule has 2 aromatic rings. The van der Waals surface area contributed by atoms with Crippen LogP contribution < -0.4 is 11.2 Å². The lowest BCUT2D eigenvalue weighted by molar-refractivity contribution is 0.666. The van der Waals surface area contributed by atoms with Crippen LogP contribution in [0.4, 0.5) is 0 Å². The third-order valence-corrected chi connectivity index (χ3v) is 4.84. The Kier molecular flexibility index (Phi) is 3.22. The van der Waals surface area contributed by atoms with Crippen LogP contribution in [0.2, 0.25) is 0 Å². The Balaban J connectivity index is 2.16. The maximum absolute atomic E-state index is 11.8.